The lowest BCUT2D eigenvalue weighted by Crippen LogP contribution is -2.44. The number of benzene rings is 1. The Bertz CT molecular complexity index is 371. The molecule has 1 saturated heterocycles. The van der Waals surface area contributed by atoms with Crippen molar-refractivity contribution >= 4 is 0 Å². The number of hydrogen-bond acceptors (Lipinski definition) is 2. The van der Waals surface area contributed by atoms with Crippen LogP contribution in [-0.4, -0.2) is 37.4 Å². The van der Waals surface area contributed by atoms with E-state index in [1.807, 2.05) is 6.07 Å². The van der Waals surface area contributed by atoms with Crippen molar-refractivity contribution < 1.29 is 9.13 Å². The zero-order valence-corrected chi connectivity index (χ0v) is 12.4. The van der Waals surface area contributed by atoms with Crippen molar-refractivity contribution in [1.82, 2.24) is 4.90 Å². The molecule has 3 heteroatoms. The maximum atomic E-state index is 13.1. The van der Waals surface area contributed by atoms with Gasteiger partial charge in [0.15, 0.2) is 0 Å². The Morgan fingerprint density at radius 3 is 2.75 bits per heavy atom. The minimum absolute atomic E-state index is 0.124. The maximum Gasteiger partial charge on any atom is 0.0935 e. The second-order valence-corrected chi connectivity index (χ2v) is 5.78. The highest BCUT2D eigenvalue weighted by Crippen LogP contribution is 2.21. The molecule has 1 aromatic carbocycles. The smallest absolute Gasteiger partial charge is 0.0935 e. The van der Waals surface area contributed by atoms with Crippen LogP contribution in [0.2, 0.25) is 0 Å². The quantitative estimate of drug-likeness (QED) is 0.706. The number of hydrogen-bond donors (Lipinski definition) is 0. The number of likely N-dealkylation sites (tertiary alicyclic amines) is 1. The third-order valence-corrected chi connectivity index (χ3v) is 3.89. The van der Waals surface area contributed by atoms with Gasteiger partial charge in [0.1, 0.15) is 0 Å². The molecule has 2 atom stereocenters. The Morgan fingerprint density at radius 1 is 1.25 bits per heavy atom. The molecule has 0 bridgehead atoms. The summed E-state index contributed by atoms with van der Waals surface area (Å²) in [6, 6.07) is 10.4. The Balaban J connectivity index is 1.87. The number of ether oxygens (including phenoxy) is 1. The van der Waals surface area contributed by atoms with E-state index in [9.17, 15) is 4.39 Å². The van der Waals surface area contributed by atoms with Gasteiger partial charge >= 0.3 is 0 Å². The van der Waals surface area contributed by atoms with Gasteiger partial charge in [-0.3, -0.25) is 9.29 Å². The normalized spacial score (nSPS) is 23.9. The highest BCUT2D eigenvalue weighted by Gasteiger charge is 2.27. The molecule has 1 aliphatic heterocycles. The molecule has 0 aliphatic carbocycles. The van der Waals surface area contributed by atoms with Gasteiger partial charge in [0.05, 0.1) is 12.8 Å². The fraction of sp³-hybridized carbons (Fsp3) is 0.647. The van der Waals surface area contributed by atoms with E-state index in [0.717, 1.165) is 45.5 Å². The molecule has 0 saturated carbocycles. The van der Waals surface area contributed by atoms with Gasteiger partial charge in [0.25, 0.3) is 0 Å². The molecule has 112 valence electrons. The van der Waals surface area contributed by atoms with Crippen LogP contribution in [0, 0.1) is 5.92 Å². The van der Waals surface area contributed by atoms with Gasteiger partial charge in [-0.05, 0) is 18.4 Å². The zero-order valence-electron chi connectivity index (χ0n) is 12.4. The van der Waals surface area contributed by atoms with Crippen LogP contribution < -0.4 is 0 Å². The van der Waals surface area contributed by atoms with Crippen LogP contribution in [-0.2, 0) is 11.3 Å². The van der Waals surface area contributed by atoms with E-state index in [0.29, 0.717) is 0 Å². The predicted octanol–water partition coefficient (Wildman–Crippen LogP) is 3.66. The van der Waals surface area contributed by atoms with Crippen LogP contribution >= 0.6 is 0 Å². The lowest BCUT2D eigenvalue weighted by Gasteiger charge is -2.36. The molecule has 1 heterocycles. The number of unbranched alkanes of at least 4 members (excludes halogenated alkanes) is 1. The number of halogens is 1. The maximum absolute atomic E-state index is 13.1. The number of rotatable bonds is 7. The highest BCUT2D eigenvalue weighted by molar-refractivity contribution is 5.14. The molecule has 2 nitrogen and oxygen atoms in total. The highest BCUT2D eigenvalue weighted by atomic mass is 19.1. The summed E-state index contributed by atoms with van der Waals surface area (Å²) in [5, 5.41) is 0. The fourth-order valence-electron chi connectivity index (χ4n) is 2.85. The van der Waals surface area contributed by atoms with Gasteiger partial charge in [0, 0.05) is 32.2 Å². The summed E-state index contributed by atoms with van der Waals surface area (Å²) >= 11 is 0. The Labute approximate surface area is 121 Å². The van der Waals surface area contributed by atoms with Crippen molar-refractivity contribution in [3.05, 3.63) is 35.9 Å². The minimum Gasteiger partial charge on any atom is -0.377 e. The summed E-state index contributed by atoms with van der Waals surface area (Å²) in [7, 11) is 0. The van der Waals surface area contributed by atoms with Crippen molar-refractivity contribution in [3.63, 3.8) is 0 Å². The summed E-state index contributed by atoms with van der Waals surface area (Å²) in [6.07, 6.45) is 3.30. The molecular weight excluding hydrogens is 253 g/mol. The summed E-state index contributed by atoms with van der Waals surface area (Å²) in [5.41, 5.74) is 1.29. The molecular formula is C17H26FNO. The summed E-state index contributed by atoms with van der Waals surface area (Å²) in [5.74, 6) is 0.124. The lowest BCUT2D eigenvalue weighted by atomic mass is 9.96. The summed E-state index contributed by atoms with van der Waals surface area (Å²) in [6.45, 7) is 5.40. The van der Waals surface area contributed by atoms with E-state index >= 15 is 0 Å². The molecule has 1 aliphatic rings. The molecule has 0 amide bonds. The minimum atomic E-state index is -0.237. The molecule has 0 aromatic heterocycles. The van der Waals surface area contributed by atoms with Crippen LogP contribution in [0.25, 0.3) is 0 Å². The number of alkyl halides is 1. The van der Waals surface area contributed by atoms with E-state index in [-0.39, 0.29) is 18.7 Å². The van der Waals surface area contributed by atoms with E-state index in [1.165, 1.54) is 5.56 Å². The van der Waals surface area contributed by atoms with Crippen molar-refractivity contribution in [3.8, 4) is 0 Å². The van der Waals surface area contributed by atoms with Gasteiger partial charge in [-0.25, -0.2) is 0 Å². The van der Waals surface area contributed by atoms with E-state index in [4.69, 9.17) is 4.74 Å². The largest absolute Gasteiger partial charge is 0.377 e. The Kier molecular flexibility index (Phi) is 6.48. The van der Waals surface area contributed by atoms with Crippen LogP contribution in [0.5, 0.6) is 0 Å². The number of nitrogens with zero attached hydrogens (tertiary/aromatic N) is 1. The monoisotopic (exact) mass is 279 g/mol. The summed E-state index contributed by atoms with van der Waals surface area (Å²) < 4.78 is 19.0. The first-order chi connectivity index (χ1) is 9.81. The average molecular weight is 279 g/mol. The second-order valence-electron chi connectivity index (χ2n) is 5.78. The fourth-order valence-corrected chi connectivity index (χ4v) is 2.85. The van der Waals surface area contributed by atoms with Gasteiger partial charge in [-0.1, -0.05) is 43.7 Å². The molecule has 0 N–H and O–H groups in total. The molecule has 0 radical (unpaired) electrons. The van der Waals surface area contributed by atoms with E-state index < -0.39 is 0 Å². The van der Waals surface area contributed by atoms with Crippen LogP contribution in [0.15, 0.2) is 30.3 Å². The van der Waals surface area contributed by atoms with Gasteiger partial charge < -0.3 is 4.74 Å². The topological polar surface area (TPSA) is 12.5 Å². The van der Waals surface area contributed by atoms with Crippen LogP contribution in [0.1, 0.15) is 31.7 Å². The van der Waals surface area contributed by atoms with Gasteiger partial charge in [-0.2, -0.15) is 0 Å². The third kappa shape index (κ3) is 4.88. The molecule has 0 spiro atoms. The molecule has 1 aromatic rings. The average Bonchev–Trinajstić information content (AvgIpc) is 2.48. The zero-order chi connectivity index (χ0) is 14.2. The van der Waals surface area contributed by atoms with Crippen molar-refractivity contribution in [2.75, 3.05) is 26.4 Å². The van der Waals surface area contributed by atoms with E-state index in [1.54, 1.807) is 0 Å². The van der Waals surface area contributed by atoms with Crippen LogP contribution in [0.4, 0.5) is 4.39 Å². The first kappa shape index (κ1) is 15.5. The van der Waals surface area contributed by atoms with Crippen LogP contribution in [0.3, 0.4) is 0 Å². The molecule has 0 unspecified atom stereocenters. The van der Waals surface area contributed by atoms with Crippen molar-refractivity contribution in [2.45, 2.75) is 38.8 Å². The second kappa shape index (κ2) is 8.38. The lowest BCUT2D eigenvalue weighted by molar-refractivity contribution is -0.0268. The third-order valence-electron chi connectivity index (χ3n) is 3.89. The Morgan fingerprint density at radius 2 is 2.05 bits per heavy atom. The summed E-state index contributed by atoms with van der Waals surface area (Å²) in [4.78, 5) is 2.33. The van der Waals surface area contributed by atoms with E-state index in [2.05, 4.69) is 36.1 Å². The Hall–Kier alpha value is -0.930. The van der Waals surface area contributed by atoms with Gasteiger partial charge in [0.2, 0.25) is 0 Å². The molecule has 20 heavy (non-hydrogen) atoms. The first-order valence-corrected chi connectivity index (χ1v) is 7.75. The molecule has 1 fully saturated rings. The number of piperidine rings is 1. The predicted molar refractivity (Wildman–Crippen MR) is 80.4 cm³/mol. The first-order valence-electron chi connectivity index (χ1n) is 7.75. The van der Waals surface area contributed by atoms with Gasteiger partial charge in [-0.15, -0.1) is 0 Å². The SMILES string of the molecule is CCCCO[C@H]1C[C@@H](CF)CN(Cc2ccccc2)C1. The standard InChI is InChI=1S/C17H26FNO/c1-2-3-9-20-17-10-16(11-18)13-19(14-17)12-15-7-5-4-6-8-15/h4-8,16-17H,2-3,9-14H2,1H3/t16-,17-/m0/s1. The molecule has 2 rings (SSSR count). The van der Waals surface area contributed by atoms with Crippen molar-refractivity contribution in [1.29, 1.82) is 0 Å². The van der Waals surface area contributed by atoms with Crippen molar-refractivity contribution in [2.24, 2.45) is 5.92 Å².